The van der Waals surface area contributed by atoms with Crippen molar-refractivity contribution in [3.63, 3.8) is 0 Å². The standard InChI is InChI=1S/C19H17BrFNO5/c1-23-16-13(15(20)17-19(18(16)24-2)26-9-25-17)7-12-8-14(22-27-12)10-3-5-11(21)6-4-10/h3-6,12H,7-9H2,1-2H3/t12-/m0/s1. The first-order valence-corrected chi connectivity index (χ1v) is 9.12. The van der Waals surface area contributed by atoms with Crippen molar-refractivity contribution in [1.29, 1.82) is 0 Å². The molecule has 1 atom stereocenters. The SMILES string of the molecule is COc1c(C[C@H]2CC(c3ccc(F)cc3)=NO2)c(Br)c2c(c1OC)OCO2. The van der Waals surface area contributed by atoms with Crippen LogP contribution in [0.25, 0.3) is 0 Å². The summed E-state index contributed by atoms with van der Waals surface area (Å²) < 4.78 is 36.0. The molecule has 0 fully saturated rings. The average molecular weight is 438 g/mol. The lowest BCUT2D eigenvalue weighted by Crippen LogP contribution is -2.13. The maximum Gasteiger partial charge on any atom is 0.231 e. The molecule has 2 aliphatic rings. The molecular formula is C19H17BrFNO5. The maximum absolute atomic E-state index is 13.1. The van der Waals surface area contributed by atoms with E-state index in [-0.39, 0.29) is 18.7 Å². The van der Waals surface area contributed by atoms with Crippen molar-refractivity contribution in [3.05, 3.63) is 45.7 Å². The molecule has 0 spiro atoms. The second kappa shape index (κ2) is 7.26. The molecule has 142 valence electrons. The summed E-state index contributed by atoms with van der Waals surface area (Å²) in [5, 5.41) is 4.16. The summed E-state index contributed by atoms with van der Waals surface area (Å²) in [5.74, 6) is 1.87. The summed E-state index contributed by atoms with van der Waals surface area (Å²) in [6.07, 6.45) is 0.920. The van der Waals surface area contributed by atoms with Gasteiger partial charge in [-0.25, -0.2) is 4.39 Å². The lowest BCUT2D eigenvalue weighted by molar-refractivity contribution is 0.0852. The van der Waals surface area contributed by atoms with Crippen LogP contribution in [0.5, 0.6) is 23.0 Å². The van der Waals surface area contributed by atoms with Gasteiger partial charge in [0, 0.05) is 18.4 Å². The van der Waals surface area contributed by atoms with Crippen molar-refractivity contribution < 1.29 is 28.2 Å². The second-order valence-corrected chi connectivity index (χ2v) is 6.90. The lowest BCUT2D eigenvalue weighted by Gasteiger charge is -2.18. The van der Waals surface area contributed by atoms with Crippen molar-refractivity contribution in [1.82, 2.24) is 0 Å². The lowest BCUT2D eigenvalue weighted by atomic mass is 9.99. The highest BCUT2D eigenvalue weighted by molar-refractivity contribution is 9.10. The fourth-order valence-corrected chi connectivity index (χ4v) is 3.89. The Morgan fingerprint density at radius 2 is 1.81 bits per heavy atom. The Morgan fingerprint density at radius 1 is 1.11 bits per heavy atom. The minimum absolute atomic E-state index is 0.120. The monoisotopic (exact) mass is 437 g/mol. The van der Waals surface area contributed by atoms with E-state index in [1.165, 1.54) is 12.1 Å². The summed E-state index contributed by atoms with van der Waals surface area (Å²) in [6, 6.07) is 6.21. The molecule has 0 aromatic heterocycles. The fourth-order valence-electron chi connectivity index (χ4n) is 3.25. The molecule has 0 radical (unpaired) electrons. The van der Waals surface area contributed by atoms with Crippen LogP contribution in [0.15, 0.2) is 33.9 Å². The van der Waals surface area contributed by atoms with E-state index in [4.69, 9.17) is 23.8 Å². The van der Waals surface area contributed by atoms with Gasteiger partial charge in [0.1, 0.15) is 11.9 Å². The van der Waals surface area contributed by atoms with Gasteiger partial charge in [0.2, 0.25) is 18.3 Å². The molecule has 0 N–H and O–H groups in total. The third-order valence-corrected chi connectivity index (χ3v) is 5.35. The van der Waals surface area contributed by atoms with Crippen LogP contribution < -0.4 is 18.9 Å². The highest BCUT2D eigenvalue weighted by Crippen LogP contribution is 2.54. The minimum atomic E-state index is -0.282. The number of methoxy groups -OCH3 is 2. The van der Waals surface area contributed by atoms with E-state index in [2.05, 4.69) is 21.1 Å². The molecule has 27 heavy (non-hydrogen) atoms. The molecule has 0 aliphatic carbocycles. The molecule has 2 aromatic carbocycles. The Kier molecular flexibility index (Phi) is 4.82. The van der Waals surface area contributed by atoms with Gasteiger partial charge in [0.15, 0.2) is 11.5 Å². The van der Waals surface area contributed by atoms with Gasteiger partial charge in [-0.15, -0.1) is 0 Å². The van der Waals surface area contributed by atoms with Crippen LogP contribution in [0, 0.1) is 5.82 Å². The normalized spacial score (nSPS) is 17.5. The zero-order valence-corrected chi connectivity index (χ0v) is 16.3. The average Bonchev–Trinajstić information content (AvgIpc) is 3.34. The number of nitrogens with zero attached hydrogens (tertiary/aromatic N) is 1. The smallest absolute Gasteiger partial charge is 0.231 e. The van der Waals surface area contributed by atoms with Crippen LogP contribution in [0.1, 0.15) is 17.5 Å². The fraction of sp³-hybridized carbons (Fsp3) is 0.316. The number of benzene rings is 2. The zero-order chi connectivity index (χ0) is 19.0. The highest BCUT2D eigenvalue weighted by atomic mass is 79.9. The molecule has 2 aromatic rings. The summed E-state index contributed by atoms with van der Waals surface area (Å²) in [7, 11) is 3.13. The predicted octanol–water partition coefficient (Wildman–Crippen LogP) is 4.07. The Morgan fingerprint density at radius 3 is 2.52 bits per heavy atom. The van der Waals surface area contributed by atoms with E-state index in [1.54, 1.807) is 26.4 Å². The third-order valence-electron chi connectivity index (χ3n) is 4.51. The van der Waals surface area contributed by atoms with E-state index >= 15 is 0 Å². The van der Waals surface area contributed by atoms with Gasteiger partial charge in [-0.05, 0) is 33.6 Å². The van der Waals surface area contributed by atoms with Crippen LogP contribution in [-0.4, -0.2) is 32.8 Å². The maximum atomic E-state index is 13.1. The minimum Gasteiger partial charge on any atom is -0.492 e. The van der Waals surface area contributed by atoms with E-state index in [0.29, 0.717) is 35.8 Å². The Labute approximate surface area is 163 Å². The molecule has 8 heteroatoms. The Bertz CT molecular complexity index is 900. The molecule has 0 saturated carbocycles. The van der Waals surface area contributed by atoms with Crippen molar-refractivity contribution in [2.24, 2.45) is 5.16 Å². The van der Waals surface area contributed by atoms with Gasteiger partial charge in [0.05, 0.1) is 24.4 Å². The quantitative estimate of drug-likeness (QED) is 0.705. The Hall–Kier alpha value is -2.48. The first-order chi connectivity index (χ1) is 13.1. The van der Waals surface area contributed by atoms with E-state index in [0.717, 1.165) is 21.3 Å². The van der Waals surface area contributed by atoms with Gasteiger partial charge in [-0.3, -0.25) is 0 Å². The number of halogens is 2. The summed E-state index contributed by atoms with van der Waals surface area (Å²) in [6.45, 7) is 0.120. The van der Waals surface area contributed by atoms with Crippen LogP contribution in [0.4, 0.5) is 4.39 Å². The summed E-state index contributed by atoms with van der Waals surface area (Å²) in [5.41, 5.74) is 2.47. The van der Waals surface area contributed by atoms with Crippen molar-refractivity contribution >= 4 is 21.6 Å². The summed E-state index contributed by atoms with van der Waals surface area (Å²) in [4.78, 5) is 5.61. The highest BCUT2D eigenvalue weighted by Gasteiger charge is 2.33. The largest absolute Gasteiger partial charge is 0.492 e. The number of hydrogen-bond donors (Lipinski definition) is 0. The Balaban J connectivity index is 1.60. The van der Waals surface area contributed by atoms with Crippen molar-refractivity contribution in [2.75, 3.05) is 21.0 Å². The van der Waals surface area contributed by atoms with Crippen molar-refractivity contribution in [3.8, 4) is 23.0 Å². The molecule has 0 saturated heterocycles. The van der Waals surface area contributed by atoms with Crippen LogP contribution in [-0.2, 0) is 11.3 Å². The zero-order valence-electron chi connectivity index (χ0n) is 14.8. The van der Waals surface area contributed by atoms with Gasteiger partial charge >= 0.3 is 0 Å². The molecule has 0 bridgehead atoms. The topological polar surface area (TPSA) is 58.5 Å². The molecule has 0 unspecified atom stereocenters. The van der Waals surface area contributed by atoms with Crippen molar-refractivity contribution in [2.45, 2.75) is 18.9 Å². The molecule has 0 amide bonds. The first-order valence-electron chi connectivity index (χ1n) is 8.33. The number of oxime groups is 1. The van der Waals surface area contributed by atoms with E-state index in [1.807, 2.05) is 0 Å². The van der Waals surface area contributed by atoms with Crippen LogP contribution in [0.3, 0.4) is 0 Å². The summed E-state index contributed by atoms with van der Waals surface area (Å²) >= 11 is 3.59. The van der Waals surface area contributed by atoms with Crippen LogP contribution >= 0.6 is 15.9 Å². The van der Waals surface area contributed by atoms with Crippen LogP contribution in [0.2, 0.25) is 0 Å². The molecule has 2 aliphatic heterocycles. The molecule has 2 heterocycles. The second-order valence-electron chi connectivity index (χ2n) is 6.10. The number of hydrogen-bond acceptors (Lipinski definition) is 6. The molecule has 6 nitrogen and oxygen atoms in total. The van der Waals surface area contributed by atoms with Gasteiger partial charge in [0.25, 0.3) is 0 Å². The third kappa shape index (κ3) is 3.18. The number of fused-ring (bicyclic) bond motifs is 1. The number of rotatable bonds is 5. The molecular weight excluding hydrogens is 421 g/mol. The number of ether oxygens (including phenoxy) is 4. The van der Waals surface area contributed by atoms with Gasteiger partial charge in [-0.2, -0.15) is 0 Å². The van der Waals surface area contributed by atoms with Gasteiger partial charge < -0.3 is 23.8 Å². The molecule has 4 rings (SSSR count). The van der Waals surface area contributed by atoms with E-state index in [9.17, 15) is 4.39 Å². The van der Waals surface area contributed by atoms with E-state index < -0.39 is 0 Å². The predicted molar refractivity (Wildman–Crippen MR) is 99.5 cm³/mol. The van der Waals surface area contributed by atoms with Gasteiger partial charge in [-0.1, -0.05) is 17.3 Å². The first kappa shape index (κ1) is 17.9.